The summed E-state index contributed by atoms with van der Waals surface area (Å²) in [6.07, 6.45) is 1.42. The molecule has 3 nitrogen and oxygen atoms in total. The van der Waals surface area contributed by atoms with E-state index in [1.165, 1.54) is 6.39 Å². The highest BCUT2D eigenvalue weighted by molar-refractivity contribution is 6.32. The van der Waals surface area contributed by atoms with Gasteiger partial charge in [-0.05, 0) is 24.7 Å². The molecule has 1 aromatic heterocycles. The number of nitrogens with one attached hydrogen (secondary N) is 1. The zero-order valence-electron chi connectivity index (χ0n) is 7.17. The van der Waals surface area contributed by atoms with Crippen LogP contribution in [0.3, 0.4) is 0 Å². The van der Waals surface area contributed by atoms with Crippen LogP contribution in [0.25, 0.3) is 11.1 Å². The van der Waals surface area contributed by atoms with Crippen molar-refractivity contribution in [3.05, 3.63) is 29.1 Å². The number of halogens is 1. The molecule has 4 heteroatoms. The maximum absolute atomic E-state index is 6.02. The predicted octanol–water partition coefficient (Wildman–Crippen LogP) is 2.20. The molecule has 0 amide bonds. The summed E-state index contributed by atoms with van der Waals surface area (Å²) in [5.74, 6) is 0. The van der Waals surface area contributed by atoms with Crippen molar-refractivity contribution in [1.82, 2.24) is 10.3 Å². The second-order valence-corrected chi connectivity index (χ2v) is 3.20. The van der Waals surface area contributed by atoms with E-state index in [2.05, 4.69) is 10.3 Å². The zero-order valence-corrected chi connectivity index (χ0v) is 7.93. The lowest BCUT2D eigenvalue weighted by Gasteiger charge is -2.01. The van der Waals surface area contributed by atoms with Gasteiger partial charge in [-0.25, -0.2) is 4.98 Å². The number of nitrogens with zero attached hydrogens (tertiary/aromatic N) is 1. The minimum Gasteiger partial charge on any atom is -0.443 e. The third kappa shape index (κ3) is 1.53. The fourth-order valence-corrected chi connectivity index (χ4v) is 1.47. The Hall–Kier alpha value is -1.06. The summed E-state index contributed by atoms with van der Waals surface area (Å²) >= 11 is 6.02. The Labute approximate surface area is 80.7 Å². The van der Waals surface area contributed by atoms with Crippen molar-refractivity contribution in [2.45, 2.75) is 6.54 Å². The summed E-state index contributed by atoms with van der Waals surface area (Å²) in [4.78, 5) is 4.01. The number of aromatic nitrogens is 1. The van der Waals surface area contributed by atoms with Gasteiger partial charge in [0, 0.05) is 11.6 Å². The average molecular weight is 197 g/mol. The van der Waals surface area contributed by atoms with Crippen LogP contribution in [0, 0.1) is 0 Å². The van der Waals surface area contributed by atoms with Crippen LogP contribution in [0.15, 0.2) is 22.9 Å². The van der Waals surface area contributed by atoms with Gasteiger partial charge in [-0.15, -0.1) is 0 Å². The number of rotatable bonds is 2. The van der Waals surface area contributed by atoms with Crippen molar-refractivity contribution in [3.8, 4) is 0 Å². The quantitative estimate of drug-likeness (QED) is 0.800. The fourth-order valence-electron chi connectivity index (χ4n) is 1.25. The Kier molecular flexibility index (Phi) is 2.20. The van der Waals surface area contributed by atoms with Crippen LogP contribution >= 0.6 is 11.6 Å². The lowest BCUT2D eigenvalue weighted by Crippen LogP contribution is -2.05. The molecule has 0 aliphatic rings. The molecule has 1 heterocycles. The van der Waals surface area contributed by atoms with Gasteiger partial charge in [-0.3, -0.25) is 0 Å². The Balaban J connectivity index is 2.56. The third-order valence-electron chi connectivity index (χ3n) is 1.87. The van der Waals surface area contributed by atoms with E-state index in [0.717, 1.165) is 28.2 Å². The van der Waals surface area contributed by atoms with Gasteiger partial charge in [0.15, 0.2) is 12.0 Å². The van der Waals surface area contributed by atoms with Gasteiger partial charge in [0.1, 0.15) is 5.52 Å². The van der Waals surface area contributed by atoms with Crippen molar-refractivity contribution in [2.75, 3.05) is 7.05 Å². The highest BCUT2D eigenvalue weighted by Gasteiger charge is 2.04. The van der Waals surface area contributed by atoms with Gasteiger partial charge in [0.25, 0.3) is 0 Å². The van der Waals surface area contributed by atoms with Gasteiger partial charge in [-0.1, -0.05) is 11.6 Å². The van der Waals surface area contributed by atoms with Crippen LogP contribution in [0.4, 0.5) is 0 Å². The molecule has 2 rings (SSSR count). The standard InChI is InChI=1S/C9H9ClN2O/c1-11-4-6-2-9-8(3-7(6)10)12-5-13-9/h2-3,5,11H,4H2,1H3. The maximum Gasteiger partial charge on any atom is 0.181 e. The summed E-state index contributed by atoms with van der Waals surface area (Å²) in [6.45, 7) is 0.732. The van der Waals surface area contributed by atoms with E-state index < -0.39 is 0 Å². The van der Waals surface area contributed by atoms with E-state index in [1.807, 2.05) is 19.2 Å². The minimum atomic E-state index is 0.718. The van der Waals surface area contributed by atoms with E-state index in [9.17, 15) is 0 Å². The molecule has 0 unspecified atom stereocenters. The molecule has 13 heavy (non-hydrogen) atoms. The van der Waals surface area contributed by atoms with Crippen LogP contribution in [-0.2, 0) is 6.54 Å². The Morgan fingerprint density at radius 1 is 1.54 bits per heavy atom. The van der Waals surface area contributed by atoms with Gasteiger partial charge in [0.05, 0.1) is 0 Å². The number of hydrogen-bond acceptors (Lipinski definition) is 3. The normalized spacial score (nSPS) is 10.9. The van der Waals surface area contributed by atoms with E-state index in [4.69, 9.17) is 16.0 Å². The molecule has 0 fully saturated rings. The van der Waals surface area contributed by atoms with Crippen LogP contribution in [0.2, 0.25) is 5.02 Å². The predicted molar refractivity (Wildman–Crippen MR) is 51.8 cm³/mol. The maximum atomic E-state index is 6.02. The first kappa shape index (κ1) is 8.53. The summed E-state index contributed by atoms with van der Waals surface area (Å²) in [5, 5.41) is 3.75. The van der Waals surface area contributed by atoms with E-state index in [-0.39, 0.29) is 0 Å². The number of benzene rings is 1. The van der Waals surface area contributed by atoms with E-state index in [1.54, 1.807) is 0 Å². The SMILES string of the molecule is CNCc1cc2ocnc2cc1Cl. The Morgan fingerprint density at radius 3 is 3.15 bits per heavy atom. The number of hydrogen-bond donors (Lipinski definition) is 1. The van der Waals surface area contributed by atoms with Crippen molar-refractivity contribution >= 4 is 22.7 Å². The molecular weight excluding hydrogens is 188 g/mol. The molecule has 1 N–H and O–H groups in total. The molecule has 1 aromatic carbocycles. The fraction of sp³-hybridized carbons (Fsp3) is 0.222. The molecule has 0 atom stereocenters. The summed E-state index contributed by atoms with van der Waals surface area (Å²) in [6, 6.07) is 3.72. The third-order valence-corrected chi connectivity index (χ3v) is 2.22. The van der Waals surface area contributed by atoms with Crippen LogP contribution < -0.4 is 5.32 Å². The van der Waals surface area contributed by atoms with Crippen LogP contribution in [-0.4, -0.2) is 12.0 Å². The topological polar surface area (TPSA) is 38.1 Å². The summed E-state index contributed by atoms with van der Waals surface area (Å²) in [5.41, 5.74) is 2.59. The molecule has 0 saturated carbocycles. The monoisotopic (exact) mass is 196 g/mol. The molecule has 2 aromatic rings. The number of fused-ring (bicyclic) bond motifs is 1. The van der Waals surface area contributed by atoms with Crippen molar-refractivity contribution in [1.29, 1.82) is 0 Å². The van der Waals surface area contributed by atoms with Crippen LogP contribution in [0.1, 0.15) is 5.56 Å². The second kappa shape index (κ2) is 3.36. The van der Waals surface area contributed by atoms with Crippen molar-refractivity contribution in [2.24, 2.45) is 0 Å². The van der Waals surface area contributed by atoms with Crippen molar-refractivity contribution in [3.63, 3.8) is 0 Å². The van der Waals surface area contributed by atoms with E-state index in [0.29, 0.717) is 0 Å². The van der Waals surface area contributed by atoms with Crippen molar-refractivity contribution < 1.29 is 4.42 Å². The summed E-state index contributed by atoms with van der Waals surface area (Å²) < 4.78 is 5.16. The smallest absolute Gasteiger partial charge is 0.181 e. The van der Waals surface area contributed by atoms with Gasteiger partial charge in [0.2, 0.25) is 0 Å². The Morgan fingerprint density at radius 2 is 2.38 bits per heavy atom. The molecule has 68 valence electrons. The first-order valence-corrected chi connectivity index (χ1v) is 4.35. The highest BCUT2D eigenvalue weighted by Crippen LogP contribution is 2.22. The molecule has 0 radical (unpaired) electrons. The van der Waals surface area contributed by atoms with Gasteiger partial charge < -0.3 is 9.73 Å². The minimum absolute atomic E-state index is 0.718. The average Bonchev–Trinajstić information content (AvgIpc) is 2.52. The first-order chi connectivity index (χ1) is 6.31. The first-order valence-electron chi connectivity index (χ1n) is 3.97. The highest BCUT2D eigenvalue weighted by atomic mass is 35.5. The molecule has 0 aliphatic heterocycles. The van der Waals surface area contributed by atoms with Crippen LogP contribution in [0.5, 0.6) is 0 Å². The molecule has 0 spiro atoms. The largest absolute Gasteiger partial charge is 0.443 e. The lowest BCUT2D eigenvalue weighted by atomic mass is 10.2. The van der Waals surface area contributed by atoms with E-state index >= 15 is 0 Å². The zero-order chi connectivity index (χ0) is 9.26. The van der Waals surface area contributed by atoms with Gasteiger partial charge >= 0.3 is 0 Å². The molecular formula is C9H9ClN2O. The summed E-state index contributed by atoms with van der Waals surface area (Å²) in [7, 11) is 1.88. The Bertz CT molecular complexity index is 424. The van der Waals surface area contributed by atoms with Gasteiger partial charge in [-0.2, -0.15) is 0 Å². The molecule has 0 saturated heterocycles. The lowest BCUT2D eigenvalue weighted by molar-refractivity contribution is 0.601. The number of oxazole rings is 1. The second-order valence-electron chi connectivity index (χ2n) is 2.79. The molecule has 0 aliphatic carbocycles. The molecule has 0 bridgehead atoms.